The van der Waals surface area contributed by atoms with E-state index in [2.05, 4.69) is 54.1 Å². The van der Waals surface area contributed by atoms with E-state index in [9.17, 15) is 8.42 Å². The second-order valence-electron chi connectivity index (χ2n) is 8.82. The van der Waals surface area contributed by atoms with Crippen LogP contribution in [0, 0.1) is 0 Å². The number of imidazole rings is 1. The molecule has 180 valence electrons. The number of nitrogens with one attached hydrogen (secondary N) is 2. The molecule has 35 heavy (non-hydrogen) atoms. The zero-order chi connectivity index (χ0) is 24.3. The first kappa shape index (κ1) is 23.0. The van der Waals surface area contributed by atoms with Crippen LogP contribution in [0.4, 0.5) is 0 Å². The third kappa shape index (κ3) is 5.35. The van der Waals surface area contributed by atoms with Gasteiger partial charge in [-0.15, -0.1) is 10.2 Å². The van der Waals surface area contributed by atoms with Crippen molar-refractivity contribution >= 4 is 20.7 Å². The summed E-state index contributed by atoms with van der Waals surface area (Å²) < 4.78 is 26.2. The molecule has 0 atom stereocenters. The molecule has 0 unspecified atom stereocenters. The first-order chi connectivity index (χ1) is 17.0. The van der Waals surface area contributed by atoms with E-state index in [4.69, 9.17) is 0 Å². The third-order valence-corrected chi connectivity index (χ3v) is 7.38. The quantitative estimate of drug-likeness (QED) is 0.310. The molecule has 0 amide bonds. The smallest absolute Gasteiger partial charge is 0.175 e. The molecule has 9 heteroatoms. The van der Waals surface area contributed by atoms with Crippen LogP contribution in [0.1, 0.15) is 34.9 Å². The fraction of sp³-hybridized carbons (Fsp3) is 0.269. The Labute approximate surface area is 204 Å². The molecular weight excluding hydrogens is 460 g/mol. The van der Waals surface area contributed by atoms with Crippen LogP contribution in [-0.4, -0.2) is 44.4 Å². The van der Waals surface area contributed by atoms with E-state index in [1.165, 1.54) is 17.2 Å². The number of aromatic amines is 2. The molecule has 3 aromatic heterocycles. The highest BCUT2D eigenvalue weighted by molar-refractivity contribution is 7.90. The topological polar surface area (TPSA) is 109 Å². The number of rotatable bonds is 10. The lowest BCUT2D eigenvalue weighted by Crippen LogP contribution is -2.11. The van der Waals surface area contributed by atoms with E-state index in [1.807, 2.05) is 18.3 Å². The largest absolute Gasteiger partial charge is 0.361 e. The summed E-state index contributed by atoms with van der Waals surface area (Å²) in [6.07, 6.45) is 10.8. The molecule has 0 aliphatic heterocycles. The summed E-state index contributed by atoms with van der Waals surface area (Å²) in [7, 11) is -3.27. The highest BCUT2D eigenvalue weighted by Gasteiger charge is 2.15. The van der Waals surface area contributed by atoms with Crippen LogP contribution in [-0.2, 0) is 42.1 Å². The highest BCUT2D eigenvalue weighted by Crippen LogP contribution is 2.21. The summed E-state index contributed by atoms with van der Waals surface area (Å²) in [4.78, 5) is 10.9. The van der Waals surface area contributed by atoms with Gasteiger partial charge >= 0.3 is 0 Å². The number of sulfone groups is 1. The number of hydrogen-bond donors (Lipinski definition) is 2. The second-order valence-corrected chi connectivity index (χ2v) is 10.8. The lowest BCUT2D eigenvalue weighted by atomic mass is 10.1. The van der Waals surface area contributed by atoms with Gasteiger partial charge in [0.25, 0.3) is 0 Å². The van der Waals surface area contributed by atoms with Gasteiger partial charge in [-0.2, -0.15) is 0 Å². The zero-order valence-corrected chi connectivity index (χ0v) is 20.4. The predicted octanol–water partition coefficient (Wildman–Crippen LogP) is 3.89. The maximum atomic E-state index is 12.0. The summed E-state index contributed by atoms with van der Waals surface area (Å²) >= 11 is 0. The van der Waals surface area contributed by atoms with Crippen molar-refractivity contribution in [2.75, 3.05) is 6.26 Å². The average molecular weight is 489 g/mol. The van der Waals surface area contributed by atoms with Gasteiger partial charge < -0.3 is 14.5 Å². The summed E-state index contributed by atoms with van der Waals surface area (Å²) in [5, 5.41) is 10.3. The average Bonchev–Trinajstić information content (AvgIpc) is 3.59. The highest BCUT2D eigenvalue weighted by atomic mass is 32.2. The summed E-state index contributed by atoms with van der Waals surface area (Å²) in [6.45, 7) is 0.774. The van der Waals surface area contributed by atoms with Crippen LogP contribution in [0.25, 0.3) is 10.9 Å². The Balaban J connectivity index is 1.38. The van der Waals surface area contributed by atoms with E-state index < -0.39 is 9.84 Å². The second kappa shape index (κ2) is 9.87. The fourth-order valence-corrected chi connectivity index (χ4v) is 5.14. The minimum Gasteiger partial charge on any atom is -0.361 e. The molecule has 5 rings (SSSR count). The fourth-order valence-electron chi connectivity index (χ4n) is 4.45. The molecule has 0 saturated carbocycles. The van der Waals surface area contributed by atoms with Crippen molar-refractivity contribution in [1.82, 2.24) is 29.7 Å². The zero-order valence-electron chi connectivity index (χ0n) is 19.6. The minimum absolute atomic E-state index is 0.319. The molecule has 2 N–H and O–H groups in total. The first-order valence-electron chi connectivity index (χ1n) is 11.7. The van der Waals surface area contributed by atoms with Gasteiger partial charge in [0.2, 0.25) is 0 Å². The standard InChI is InChI=1S/C26H28N6O2S/c1-35(33,34)22-8-4-6-19(14-22)15-26-31-30-25(32(26)13-5-7-21-17-27-18-29-21)12-11-20-16-28-24-10-3-2-9-23(20)24/h2-4,6,8-10,14,16-18,28H,5,7,11-13,15H2,1H3,(H,27,29). The Bertz CT molecular complexity index is 1530. The maximum Gasteiger partial charge on any atom is 0.175 e. The van der Waals surface area contributed by atoms with Gasteiger partial charge in [0.05, 0.1) is 11.2 Å². The molecule has 2 aromatic carbocycles. The van der Waals surface area contributed by atoms with Crippen LogP contribution in [0.2, 0.25) is 0 Å². The van der Waals surface area contributed by atoms with Gasteiger partial charge in [0.1, 0.15) is 11.6 Å². The van der Waals surface area contributed by atoms with Crippen LogP contribution in [0.3, 0.4) is 0 Å². The Hall–Kier alpha value is -3.72. The molecule has 5 aromatic rings. The van der Waals surface area contributed by atoms with Crippen LogP contribution < -0.4 is 0 Å². The van der Waals surface area contributed by atoms with Gasteiger partial charge in [-0.25, -0.2) is 13.4 Å². The van der Waals surface area contributed by atoms with Crippen LogP contribution >= 0.6 is 0 Å². The van der Waals surface area contributed by atoms with Gasteiger partial charge in [0, 0.05) is 54.6 Å². The number of benzene rings is 2. The van der Waals surface area contributed by atoms with E-state index in [0.717, 1.165) is 60.7 Å². The normalized spacial score (nSPS) is 11.9. The molecule has 0 bridgehead atoms. The SMILES string of the molecule is CS(=O)(=O)c1cccc(Cc2nnc(CCc3c[nH]c4ccccc34)n2CCCc2cnc[nH]2)c1. The number of nitrogens with zero attached hydrogens (tertiary/aromatic N) is 4. The molecule has 0 spiro atoms. The van der Waals surface area contributed by atoms with Gasteiger partial charge in [-0.1, -0.05) is 30.3 Å². The Morgan fingerprint density at radius 1 is 0.943 bits per heavy atom. The van der Waals surface area contributed by atoms with Gasteiger partial charge in [-0.3, -0.25) is 0 Å². The minimum atomic E-state index is -3.27. The lowest BCUT2D eigenvalue weighted by molar-refractivity contribution is 0.585. The van der Waals surface area contributed by atoms with E-state index >= 15 is 0 Å². The Morgan fingerprint density at radius 3 is 2.63 bits per heavy atom. The van der Waals surface area contributed by atoms with Gasteiger partial charge in [0.15, 0.2) is 9.84 Å². The number of aryl methyl sites for hydroxylation is 3. The number of aromatic nitrogens is 6. The maximum absolute atomic E-state index is 12.0. The molecule has 0 saturated heterocycles. The predicted molar refractivity (Wildman–Crippen MR) is 135 cm³/mol. The first-order valence-corrected chi connectivity index (χ1v) is 13.6. The molecule has 8 nitrogen and oxygen atoms in total. The van der Waals surface area contributed by atoms with Crippen LogP contribution in [0.5, 0.6) is 0 Å². The summed E-state index contributed by atoms with van der Waals surface area (Å²) in [5.74, 6) is 1.78. The number of H-pyrrole nitrogens is 2. The van der Waals surface area contributed by atoms with Crippen molar-refractivity contribution in [1.29, 1.82) is 0 Å². The summed E-state index contributed by atoms with van der Waals surface area (Å²) in [6, 6.07) is 15.4. The van der Waals surface area contributed by atoms with E-state index in [0.29, 0.717) is 11.3 Å². The Morgan fingerprint density at radius 2 is 1.80 bits per heavy atom. The Kier molecular flexibility index (Phi) is 6.50. The molecule has 0 fully saturated rings. The van der Waals surface area contributed by atoms with Gasteiger partial charge in [-0.05, 0) is 48.6 Å². The molecule has 0 aliphatic rings. The van der Waals surface area contributed by atoms with Crippen molar-refractivity contribution in [2.24, 2.45) is 0 Å². The molecule has 0 radical (unpaired) electrons. The molecular formula is C26H28N6O2S. The number of hydrogen-bond acceptors (Lipinski definition) is 5. The van der Waals surface area contributed by atoms with Crippen molar-refractivity contribution in [3.8, 4) is 0 Å². The van der Waals surface area contributed by atoms with Crippen molar-refractivity contribution in [2.45, 2.75) is 43.5 Å². The van der Waals surface area contributed by atoms with Crippen molar-refractivity contribution in [3.63, 3.8) is 0 Å². The molecule has 3 heterocycles. The summed E-state index contributed by atoms with van der Waals surface area (Å²) in [5.41, 5.74) is 4.39. The molecule has 0 aliphatic carbocycles. The van der Waals surface area contributed by atoms with Crippen LogP contribution in [0.15, 0.2) is 72.1 Å². The van der Waals surface area contributed by atoms with E-state index in [1.54, 1.807) is 24.5 Å². The van der Waals surface area contributed by atoms with Crippen molar-refractivity contribution < 1.29 is 8.42 Å². The lowest BCUT2D eigenvalue weighted by Gasteiger charge is -2.11. The number of para-hydroxylation sites is 1. The van der Waals surface area contributed by atoms with E-state index in [-0.39, 0.29) is 0 Å². The third-order valence-electron chi connectivity index (χ3n) is 6.27. The van der Waals surface area contributed by atoms with Crippen molar-refractivity contribution in [3.05, 3.63) is 95.7 Å². The number of fused-ring (bicyclic) bond motifs is 1. The monoisotopic (exact) mass is 488 g/mol.